The molecule has 0 aromatic rings. The second-order valence-corrected chi connectivity index (χ2v) is 3.16. The van der Waals surface area contributed by atoms with Crippen molar-refractivity contribution in [3.63, 3.8) is 0 Å². The van der Waals surface area contributed by atoms with Crippen LogP contribution in [0.4, 0.5) is 0 Å². The molecule has 74 valence electrons. The van der Waals surface area contributed by atoms with Gasteiger partial charge in [0.2, 0.25) is 0 Å². The predicted molar refractivity (Wildman–Crippen MR) is 49.5 cm³/mol. The van der Waals surface area contributed by atoms with E-state index in [0.717, 1.165) is 0 Å². The molecule has 13 heavy (non-hydrogen) atoms. The fraction of sp³-hybridized carbons (Fsp3) is 0.700. The fourth-order valence-electron chi connectivity index (χ4n) is 1.03. The van der Waals surface area contributed by atoms with Crippen LogP contribution in [-0.2, 0) is 14.4 Å². The molecule has 0 aliphatic rings. The van der Waals surface area contributed by atoms with Crippen LogP contribution >= 0.6 is 0 Å². The highest BCUT2D eigenvalue weighted by Gasteiger charge is 2.06. The largest absolute Gasteiger partial charge is 0.300 e. The van der Waals surface area contributed by atoms with Gasteiger partial charge in [-0.15, -0.1) is 0 Å². The van der Waals surface area contributed by atoms with Gasteiger partial charge in [0, 0.05) is 19.3 Å². The quantitative estimate of drug-likeness (QED) is 0.566. The molecule has 0 unspecified atom stereocenters. The summed E-state index contributed by atoms with van der Waals surface area (Å²) in [5.74, 6) is 0.0128. The molecule has 0 aliphatic heterocycles. The average Bonchev–Trinajstić information content (AvgIpc) is 2.02. The molecular formula is C10H16O3. The van der Waals surface area contributed by atoms with Crippen LogP contribution in [0, 0.1) is 0 Å². The molecule has 0 saturated carbocycles. The maximum absolute atomic E-state index is 11.0. The zero-order chi connectivity index (χ0) is 10.3. The van der Waals surface area contributed by atoms with E-state index >= 15 is 0 Å². The molecule has 3 nitrogen and oxygen atoms in total. The highest BCUT2D eigenvalue weighted by atomic mass is 16.1. The maximum atomic E-state index is 11.0. The summed E-state index contributed by atoms with van der Waals surface area (Å²) < 4.78 is 0. The Kier molecular flexibility index (Phi) is 6.02. The number of hydrogen-bond donors (Lipinski definition) is 0. The Hall–Kier alpha value is -0.990. The van der Waals surface area contributed by atoms with Crippen LogP contribution in [0.25, 0.3) is 0 Å². The monoisotopic (exact) mass is 184 g/mol. The Bertz CT molecular complexity index is 206. The molecule has 0 aromatic carbocycles. The van der Waals surface area contributed by atoms with Crippen molar-refractivity contribution >= 4 is 17.3 Å². The molecule has 0 rings (SSSR count). The van der Waals surface area contributed by atoms with E-state index in [1.807, 2.05) is 0 Å². The van der Waals surface area contributed by atoms with Gasteiger partial charge < -0.3 is 0 Å². The molecule has 0 amide bonds. The number of ketones is 3. The Labute approximate surface area is 78.5 Å². The average molecular weight is 184 g/mol. The second kappa shape index (κ2) is 6.52. The zero-order valence-electron chi connectivity index (χ0n) is 8.26. The Balaban J connectivity index is 3.48. The lowest BCUT2D eigenvalue weighted by Gasteiger charge is -1.97. The summed E-state index contributed by atoms with van der Waals surface area (Å²) in [4.78, 5) is 32.3. The van der Waals surface area contributed by atoms with E-state index in [9.17, 15) is 14.4 Å². The van der Waals surface area contributed by atoms with E-state index in [2.05, 4.69) is 0 Å². The lowest BCUT2D eigenvalue weighted by atomic mass is 10.1. The van der Waals surface area contributed by atoms with Crippen LogP contribution < -0.4 is 0 Å². The lowest BCUT2D eigenvalue weighted by Crippen LogP contribution is -2.05. The Morgan fingerprint density at radius 2 is 1.54 bits per heavy atom. The van der Waals surface area contributed by atoms with E-state index in [1.165, 1.54) is 6.92 Å². The first-order chi connectivity index (χ1) is 6.06. The van der Waals surface area contributed by atoms with E-state index in [4.69, 9.17) is 0 Å². The van der Waals surface area contributed by atoms with Crippen molar-refractivity contribution in [2.45, 2.75) is 46.0 Å². The minimum Gasteiger partial charge on any atom is -0.300 e. The molecule has 0 aliphatic carbocycles. The number of rotatable bonds is 7. The van der Waals surface area contributed by atoms with Crippen LogP contribution in [0.2, 0.25) is 0 Å². The molecule has 3 heteroatoms. The Morgan fingerprint density at radius 1 is 1.00 bits per heavy atom. The fourth-order valence-corrected chi connectivity index (χ4v) is 1.03. The van der Waals surface area contributed by atoms with E-state index in [1.54, 1.807) is 6.92 Å². The minimum atomic E-state index is -0.105. The first-order valence-electron chi connectivity index (χ1n) is 4.59. The van der Waals surface area contributed by atoms with Crippen LogP contribution in [0.1, 0.15) is 46.0 Å². The normalized spacial score (nSPS) is 9.69. The molecule has 0 spiro atoms. The van der Waals surface area contributed by atoms with Gasteiger partial charge >= 0.3 is 0 Å². The van der Waals surface area contributed by atoms with Crippen LogP contribution in [0.15, 0.2) is 0 Å². The van der Waals surface area contributed by atoms with Gasteiger partial charge in [-0.3, -0.25) is 14.4 Å². The van der Waals surface area contributed by atoms with Crippen molar-refractivity contribution < 1.29 is 14.4 Å². The molecule has 0 atom stereocenters. The summed E-state index contributed by atoms with van der Waals surface area (Å²) >= 11 is 0. The van der Waals surface area contributed by atoms with E-state index < -0.39 is 0 Å². The number of carbonyl (C=O) groups is 3. The van der Waals surface area contributed by atoms with Crippen molar-refractivity contribution in [3.05, 3.63) is 0 Å². The van der Waals surface area contributed by atoms with E-state index in [0.29, 0.717) is 25.7 Å². The molecule has 0 saturated heterocycles. The summed E-state index contributed by atoms with van der Waals surface area (Å²) in [6.07, 6.45) is 1.94. The highest BCUT2D eigenvalue weighted by molar-refractivity contribution is 5.98. The third-order valence-electron chi connectivity index (χ3n) is 1.75. The lowest BCUT2D eigenvalue weighted by molar-refractivity contribution is -0.125. The van der Waals surface area contributed by atoms with Crippen molar-refractivity contribution in [1.29, 1.82) is 0 Å². The standard InChI is InChI=1S/C10H16O3/c1-3-9(12)5-4-6-10(13)7-8(2)11/h3-7H2,1-2H3. The molecule has 0 bridgehead atoms. The van der Waals surface area contributed by atoms with Crippen molar-refractivity contribution in [2.75, 3.05) is 0 Å². The minimum absolute atomic E-state index is 0.0142. The zero-order valence-corrected chi connectivity index (χ0v) is 8.26. The van der Waals surface area contributed by atoms with Gasteiger partial charge in [-0.05, 0) is 13.3 Å². The van der Waals surface area contributed by atoms with Crippen LogP contribution in [0.3, 0.4) is 0 Å². The smallest absolute Gasteiger partial charge is 0.140 e. The van der Waals surface area contributed by atoms with Crippen molar-refractivity contribution in [3.8, 4) is 0 Å². The van der Waals surface area contributed by atoms with Gasteiger partial charge in [-0.2, -0.15) is 0 Å². The van der Waals surface area contributed by atoms with Crippen LogP contribution in [-0.4, -0.2) is 17.3 Å². The van der Waals surface area contributed by atoms with Gasteiger partial charge in [-0.25, -0.2) is 0 Å². The molecular weight excluding hydrogens is 168 g/mol. The predicted octanol–water partition coefficient (Wildman–Crippen LogP) is 1.68. The molecule has 0 radical (unpaired) electrons. The number of carbonyl (C=O) groups excluding carboxylic acids is 3. The maximum Gasteiger partial charge on any atom is 0.140 e. The summed E-state index contributed by atoms with van der Waals surface area (Å²) in [5, 5.41) is 0. The van der Waals surface area contributed by atoms with Gasteiger partial charge in [-0.1, -0.05) is 6.92 Å². The molecule has 0 aromatic heterocycles. The SMILES string of the molecule is CCC(=O)CCCC(=O)CC(C)=O. The summed E-state index contributed by atoms with van der Waals surface area (Å²) in [6, 6.07) is 0. The third kappa shape index (κ3) is 7.37. The number of Topliss-reactive ketones (excluding diaryl/α,β-unsaturated/α-hetero) is 3. The van der Waals surface area contributed by atoms with Gasteiger partial charge in [0.25, 0.3) is 0 Å². The highest BCUT2D eigenvalue weighted by Crippen LogP contribution is 2.02. The molecule has 0 fully saturated rings. The number of hydrogen-bond acceptors (Lipinski definition) is 3. The Morgan fingerprint density at radius 3 is 2.00 bits per heavy atom. The summed E-state index contributed by atoms with van der Waals surface area (Å²) in [6.45, 7) is 3.20. The first kappa shape index (κ1) is 12.0. The van der Waals surface area contributed by atoms with Crippen LogP contribution in [0.5, 0.6) is 0 Å². The van der Waals surface area contributed by atoms with Gasteiger partial charge in [0.15, 0.2) is 0 Å². The van der Waals surface area contributed by atoms with Crippen molar-refractivity contribution in [2.24, 2.45) is 0 Å². The second-order valence-electron chi connectivity index (χ2n) is 3.16. The molecule has 0 N–H and O–H groups in total. The molecule has 0 heterocycles. The topological polar surface area (TPSA) is 51.2 Å². The first-order valence-corrected chi connectivity index (χ1v) is 4.59. The van der Waals surface area contributed by atoms with Gasteiger partial charge in [0.05, 0.1) is 6.42 Å². The third-order valence-corrected chi connectivity index (χ3v) is 1.75. The summed E-state index contributed by atoms with van der Waals surface area (Å²) in [5.41, 5.74) is 0. The van der Waals surface area contributed by atoms with Crippen molar-refractivity contribution in [1.82, 2.24) is 0 Å². The summed E-state index contributed by atoms with van der Waals surface area (Å²) in [7, 11) is 0. The van der Waals surface area contributed by atoms with E-state index in [-0.39, 0.29) is 23.8 Å². The van der Waals surface area contributed by atoms with Gasteiger partial charge in [0.1, 0.15) is 17.3 Å².